The lowest BCUT2D eigenvalue weighted by Crippen LogP contribution is -2.12. The molecule has 0 radical (unpaired) electrons. The Morgan fingerprint density at radius 2 is 2.40 bits per heavy atom. The van der Waals surface area contributed by atoms with Gasteiger partial charge in [0.1, 0.15) is 6.10 Å². The van der Waals surface area contributed by atoms with Crippen LogP contribution in [0.1, 0.15) is 22.8 Å². The maximum atomic E-state index is 11.5. The molecule has 0 fully saturated rings. The van der Waals surface area contributed by atoms with Crippen molar-refractivity contribution in [1.82, 2.24) is 0 Å². The van der Waals surface area contributed by atoms with Crippen LogP contribution in [0, 0.1) is 11.3 Å². The number of nitriles is 1. The van der Waals surface area contributed by atoms with Crippen molar-refractivity contribution in [2.75, 3.05) is 0 Å². The van der Waals surface area contributed by atoms with Crippen LogP contribution in [-0.4, -0.2) is 12.1 Å². The topological polar surface area (TPSA) is 50.1 Å². The van der Waals surface area contributed by atoms with Crippen LogP contribution in [0.25, 0.3) is 0 Å². The summed E-state index contributed by atoms with van der Waals surface area (Å²) in [6.07, 6.45) is 1.20. The smallest absolute Gasteiger partial charge is 0.338 e. The Kier molecular flexibility index (Phi) is 3.64. The Bertz CT molecular complexity index is 418. The van der Waals surface area contributed by atoms with Crippen LogP contribution in [-0.2, 0) is 4.74 Å². The van der Waals surface area contributed by atoms with Gasteiger partial charge in [-0.1, -0.05) is 18.7 Å². The van der Waals surface area contributed by atoms with Crippen LogP contribution in [0.2, 0.25) is 0 Å². The van der Waals surface area contributed by atoms with Crippen LogP contribution < -0.4 is 0 Å². The fourth-order valence-electron chi connectivity index (χ4n) is 1.00. The van der Waals surface area contributed by atoms with Gasteiger partial charge in [-0.25, -0.2) is 4.79 Å². The molecule has 0 aromatic heterocycles. The second-order valence-electron chi connectivity index (χ2n) is 3.04. The van der Waals surface area contributed by atoms with Crippen LogP contribution in [0.3, 0.4) is 0 Å². The average Bonchev–Trinajstić information content (AvgIpc) is 2.28. The van der Waals surface area contributed by atoms with Crippen LogP contribution in [0.4, 0.5) is 0 Å². The quantitative estimate of drug-likeness (QED) is 0.557. The zero-order chi connectivity index (χ0) is 11.3. The average molecular weight is 201 g/mol. The highest BCUT2D eigenvalue weighted by molar-refractivity contribution is 5.89. The van der Waals surface area contributed by atoms with Crippen LogP contribution >= 0.6 is 0 Å². The van der Waals surface area contributed by atoms with E-state index in [1.54, 1.807) is 25.1 Å². The molecule has 0 aliphatic rings. The highest BCUT2D eigenvalue weighted by Crippen LogP contribution is 2.07. The lowest BCUT2D eigenvalue weighted by atomic mass is 10.1. The van der Waals surface area contributed by atoms with Gasteiger partial charge in [0.2, 0.25) is 0 Å². The third-order valence-corrected chi connectivity index (χ3v) is 1.85. The van der Waals surface area contributed by atoms with E-state index in [0.717, 1.165) is 0 Å². The summed E-state index contributed by atoms with van der Waals surface area (Å²) in [7, 11) is 0. The summed E-state index contributed by atoms with van der Waals surface area (Å²) in [6.45, 7) is 5.23. The Morgan fingerprint density at radius 1 is 1.67 bits per heavy atom. The Balaban J connectivity index is 2.83. The minimum atomic E-state index is -0.445. The molecule has 76 valence electrons. The first-order valence-electron chi connectivity index (χ1n) is 4.51. The minimum absolute atomic E-state index is 0.330. The number of carbonyl (C=O) groups is 1. The molecule has 0 saturated heterocycles. The lowest BCUT2D eigenvalue weighted by Gasteiger charge is -2.08. The molecule has 1 rings (SSSR count). The fourth-order valence-corrected chi connectivity index (χ4v) is 1.00. The van der Waals surface area contributed by atoms with Crippen molar-refractivity contribution in [1.29, 1.82) is 5.26 Å². The van der Waals surface area contributed by atoms with E-state index in [4.69, 9.17) is 10.00 Å². The monoisotopic (exact) mass is 201 g/mol. The SMILES string of the molecule is C=C[C@H](C)OC(=O)c1cccc(C#N)c1. The summed E-state index contributed by atoms with van der Waals surface area (Å²) >= 11 is 0. The fraction of sp³-hybridized carbons (Fsp3) is 0.167. The molecule has 1 aromatic rings. The molecular formula is C12H11NO2. The second-order valence-corrected chi connectivity index (χ2v) is 3.04. The van der Waals surface area contributed by atoms with E-state index in [9.17, 15) is 4.79 Å². The summed E-state index contributed by atoms with van der Waals surface area (Å²) in [5.74, 6) is -0.445. The normalized spacial score (nSPS) is 11.2. The van der Waals surface area contributed by atoms with Gasteiger partial charge in [-0.3, -0.25) is 0 Å². The first kappa shape index (κ1) is 11.0. The molecule has 0 aliphatic carbocycles. The molecule has 1 atom stereocenters. The second kappa shape index (κ2) is 4.97. The summed E-state index contributed by atoms with van der Waals surface area (Å²) in [4.78, 5) is 11.5. The Hall–Kier alpha value is -2.08. The lowest BCUT2D eigenvalue weighted by molar-refractivity contribution is 0.0425. The van der Waals surface area contributed by atoms with Crippen molar-refractivity contribution in [2.24, 2.45) is 0 Å². The number of ether oxygens (including phenoxy) is 1. The number of hydrogen-bond acceptors (Lipinski definition) is 3. The predicted molar refractivity (Wildman–Crippen MR) is 56.2 cm³/mol. The highest BCUT2D eigenvalue weighted by Gasteiger charge is 2.09. The number of esters is 1. The summed E-state index contributed by atoms with van der Waals surface area (Å²) in [5.41, 5.74) is 0.818. The van der Waals surface area contributed by atoms with E-state index in [1.807, 2.05) is 6.07 Å². The Labute approximate surface area is 88.6 Å². The molecule has 3 heteroatoms. The maximum Gasteiger partial charge on any atom is 0.338 e. The van der Waals surface area contributed by atoms with E-state index in [0.29, 0.717) is 11.1 Å². The highest BCUT2D eigenvalue weighted by atomic mass is 16.5. The van der Waals surface area contributed by atoms with Crippen molar-refractivity contribution >= 4 is 5.97 Å². The Morgan fingerprint density at radius 3 is 3.00 bits per heavy atom. The van der Waals surface area contributed by atoms with Gasteiger partial charge in [0.05, 0.1) is 17.2 Å². The third kappa shape index (κ3) is 2.96. The molecule has 0 unspecified atom stereocenters. The molecule has 1 aromatic carbocycles. The zero-order valence-corrected chi connectivity index (χ0v) is 8.43. The molecule has 0 N–H and O–H groups in total. The van der Waals surface area contributed by atoms with Gasteiger partial charge in [0.15, 0.2) is 0 Å². The predicted octanol–water partition coefficient (Wildman–Crippen LogP) is 2.29. The van der Waals surface area contributed by atoms with E-state index in [1.165, 1.54) is 12.1 Å². The molecule has 0 heterocycles. The van der Waals surface area contributed by atoms with Gasteiger partial charge in [-0.15, -0.1) is 0 Å². The number of benzene rings is 1. The van der Waals surface area contributed by atoms with Gasteiger partial charge in [0.25, 0.3) is 0 Å². The van der Waals surface area contributed by atoms with E-state index in [-0.39, 0.29) is 6.10 Å². The summed E-state index contributed by atoms with van der Waals surface area (Å²) in [5, 5.41) is 8.65. The van der Waals surface area contributed by atoms with Crippen molar-refractivity contribution in [3.63, 3.8) is 0 Å². The third-order valence-electron chi connectivity index (χ3n) is 1.85. The van der Waals surface area contributed by atoms with Crippen molar-refractivity contribution in [3.05, 3.63) is 48.0 Å². The largest absolute Gasteiger partial charge is 0.455 e. The molecule has 0 aliphatic heterocycles. The number of nitrogens with zero attached hydrogens (tertiary/aromatic N) is 1. The summed E-state index contributed by atoms with van der Waals surface area (Å²) < 4.78 is 5.02. The minimum Gasteiger partial charge on any atom is -0.455 e. The van der Waals surface area contributed by atoms with Crippen LogP contribution in [0.15, 0.2) is 36.9 Å². The van der Waals surface area contributed by atoms with E-state index in [2.05, 4.69) is 6.58 Å². The van der Waals surface area contributed by atoms with E-state index >= 15 is 0 Å². The van der Waals surface area contributed by atoms with Gasteiger partial charge in [-0.2, -0.15) is 5.26 Å². The van der Waals surface area contributed by atoms with Gasteiger partial charge < -0.3 is 4.74 Å². The zero-order valence-electron chi connectivity index (χ0n) is 8.43. The van der Waals surface area contributed by atoms with Crippen LogP contribution in [0.5, 0.6) is 0 Å². The van der Waals surface area contributed by atoms with E-state index < -0.39 is 5.97 Å². The standard InChI is InChI=1S/C12H11NO2/c1-3-9(2)15-12(14)11-6-4-5-10(7-11)8-13/h3-7,9H,1H2,2H3/t9-/m0/s1. The molecule has 0 bridgehead atoms. The van der Waals surface area contributed by atoms with Gasteiger partial charge >= 0.3 is 5.97 Å². The first-order chi connectivity index (χ1) is 7.17. The molecular weight excluding hydrogens is 190 g/mol. The van der Waals surface area contributed by atoms with Crippen molar-refractivity contribution in [3.8, 4) is 6.07 Å². The maximum absolute atomic E-state index is 11.5. The van der Waals surface area contributed by atoms with Gasteiger partial charge in [0, 0.05) is 0 Å². The van der Waals surface area contributed by atoms with Gasteiger partial charge in [-0.05, 0) is 25.1 Å². The van der Waals surface area contributed by atoms with Crippen molar-refractivity contribution < 1.29 is 9.53 Å². The number of carbonyl (C=O) groups excluding carboxylic acids is 1. The number of hydrogen-bond donors (Lipinski definition) is 0. The molecule has 0 amide bonds. The molecule has 15 heavy (non-hydrogen) atoms. The first-order valence-corrected chi connectivity index (χ1v) is 4.51. The molecule has 0 spiro atoms. The molecule has 3 nitrogen and oxygen atoms in total. The molecule has 0 saturated carbocycles. The summed E-state index contributed by atoms with van der Waals surface area (Å²) in [6, 6.07) is 8.35. The van der Waals surface area contributed by atoms with Crippen molar-refractivity contribution in [2.45, 2.75) is 13.0 Å². The number of rotatable bonds is 3.